The Hall–Kier alpha value is -4.45. The standard InChI is InChI=1S/C43H39BP/c1-31-17-19-35(20-18-31)42(30-45(2,3)4)43(39-22-21-32-11-5-8-14-36(32)27-39)44(40-25-23-33-12-6-9-15-37(33)28-40)41-26-24-34-13-7-10-16-38(34)29-41/h5-29H,30H2,1-4H3/q+1/b43-42+. The molecule has 0 atom stereocenters. The Bertz CT molecular complexity index is 2100. The van der Waals surface area contributed by atoms with Crippen molar-refractivity contribution >= 4 is 68.3 Å². The van der Waals surface area contributed by atoms with Gasteiger partial charge in [0.2, 0.25) is 6.71 Å². The van der Waals surface area contributed by atoms with Crippen LogP contribution in [-0.2, 0) is 0 Å². The quantitative estimate of drug-likeness (QED) is 0.0975. The highest BCUT2D eigenvalue weighted by Crippen LogP contribution is 2.51. The molecule has 45 heavy (non-hydrogen) atoms. The molecule has 0 heterocycles. The van der Waals surface area contributed by atoms with Crippen LogP contribution in [0.4, 0.5) is 0 Å². The maximum atomic E-state index is 2.47. The summed E-state index contributed by atoms with van der Waals surface area (Å²) in [5.74, 6) is 0. The van der Waals surface area contributed by atoms with Crippen LogP contribution < -0.4 is 10.9 Å². The molecule has 0 aliphatic rings. The predicted octanol–water partition coefficient (Wildman–Crippen LogP) is 10.1. The van der Waals surface area contributed by atoms with Crippen LogP contribution in [0.15, 0.2) is 152 Å². The van der Waals surface area contributed by atoms with E-state index in [4.69, 9.17) is 0 Å². The van der Waals surface area contributed by atoms with Crippen molar-refractivity contribution < 1.29 is 0 Å². The van der Waals surface area contributed by atoms with Gasteiger partial charge in [-0.2, -0.15) is 0 Å². The van der Waals surface area contributed by atoms with Crippen molar-refractivity contribution in [1.82, 2.24) is 0 Å². The summed E-state index contributed by atoms with van der Waals surface area (Å²) in [6.07, 6.45) is 1.07. The molecule has 0 saturated carbocycles. The number of rotatable bonds is 7. The Labute approximate surface area is 268 Å². The molecule has 2 heteroatoms. The summed E-state index contributed by atoms with van der Waals surface area (Å²) in [6, 6.07) is 56.8. The van der Waals surface area contributed by atoms with Gasteiger partial charge in [0.05, 0.1) is 6.16 Å². The van der Waals surface area contributed by atoms with E-state index in [1.54, 1.807) is 0 Å². The van der Waals surface area contributed by atoms with E-state index < -0.39 is 7.26 Å². The van der Waals surface area contributed by atoms with Crippen molar-refractivity contribution in [3.05, 3.63) is 168 Å². The number of fused-ring (bicyclic) bond motifs is 3. The number of hydrogen-bond acceptors (Lipinski definition) is 0. The molecule has 0 saturated heterocycles. The summed E-state index contributed by atoms with van der Waals surface area (Å²) in [6.45, 7) is 9.64. The molecule has 7 aromatic carbocycles. The summed E-state index contributed by atoms with van der Waals surface area (Å²) in [7, 11) is -1.23. The smallest absolute Gasteiger partial charge is 0.0680 e. The molecule has 0 aliphatic carbocycles. The lowest BCUT2D eigenvalue weighted by molar-refractivity contribution is 1.44. The lowest BCUT2D eigenvalue weighted by Gasteiger charge is -2.26. The van der Waals surface area contributed by atoms with Gasteiger partial charge in [-0.3, -0.25) is 0 Å². The number of aryl methyl sites for hydroxylation is 1. The molecule has 0 spiro atoms. The molecule has 0 nitrogen and oxygen atoms in total. The molecule has 0 radical (unpaired) electrons. The van der Waals surface area contributed by atoms with Crippen LogP contribution >= 0.6 is 7.26 Å². The van der Waals surface area contributed by atoms with E-state index in [1.165, 1.54) is 71.0 Å². The Kier molecular flexibility index (Phi) is 7.91. The van der Waals surface area contributed by atoms with E-state index in [0.717, 1.165) is 6.16 Å². The van der Waals surface area contributed by atoms with E-state index in [2.05, 4.69) is 179 Å². The molecule has 0 bridgehead atoms. The SMILES string of the molecule is Cc1ccc(/C(C[P+](C)(C)C)=C(/B(c2ccc3ccccc3c2)c2ccc3ccccc3c2)c2ccc3ccccc3c2)cc1. The second-order valence-corrected chi connectivity index (χ2v) is 18.3. The zero-order valence-electron chi connectivity index (χ0n) is 26.7. The van der Waals surface area contributed by atoms with E-state index >= 15 is 0 Å². The first-order valence-corrected chi connectivity index (χ1v) is 19.2. The fraction of sp³-hybridized carbons (Fsp3) is 0.116. The van der Waals surface area contributed by atoms with Gasteiger partial charge in [0, 0.05) is 27.3 Å². The van der Waals surface area contributed by atoms with Crippen LogP contribution in [0.2, 0.25) is 0 Å². The van der Waals surface area contributed by atoms with E-state index in [9.17, 15) is 0 Å². The molecule has 7 aromatic rings. The molecular formula is C43H39BP+. The zero-order chi connectivity index (χ0) is 31.0. The van der Waals surface area contributed by atoms with Gasteiger partial charge in [0.1, 0.15) is 0 Å². The average Bonchev–Trinajstić information content (AvgIpc) is 3.05. The minimum absolute atomic E-state index is 0.0447. The lowest BCUT2D eigenvalue weighted by atomic mass is 9.34. The molecule has 0 N–H and O–H groups in total. The second-order valence-electron chi connectivity index (χ2n) is 13.4. The summed E-state index contributed by atoms with van der Waals surface area (Å²) >= 11 is 0. The van der Waals surface area contributed by atoms with Crippen molar-refractivity contribution in [2.24, 2.45) is 0 Å². The summed E-state index contributed by atoms with van der Waals surface area (Å²) in [4.78, 5) is 0. The van der Waals surface area contributed by atoms with Gasteiger partial charge < -0.3 is 0 Å². The van der Waals surface area contributed by atoms with Crippen molar-refractivity contribution in [3.8, 4) is 0 Å². The van der Waals surface area contributed by atoms with E-state index in [1.807, 2.05) is 0 Å². The summed E-state index contributed by atoms with van der Waals surface area (Å²) < 4.78 is 0. The Morgan fingerprint density at radius 1 is 0.467 bits per heavy atom. The number of benzene rings is 7. The Morgan fingerprint density at radius 2 is 0.889 bits per heavy atom. The summed E-state index contributed by atoms with van der Waals surface area (Å²) in [5, 5.41) is 7.65. The lowest BCUT2D eigenvalue weighted by Crippen LogP contribution is -2.44. The molecule has 0 unspecified atom stereocenters. The third kappa shape index (κ3) is 6.24. The molecule has 218 valence electrons. The van der Waals surface area contributed by atoms with Crippen LogP contribution in [0.3, 0.4) is 0 Å². The highest BCUT2D eigenvalue weighted by Gasteiger charge is 2.32. The normalized spacial score (nSPS) is 12.4. The van der Waals surface area contributed by atoms with Gasteiger partial charge >= 0.3 is 0 Å². The van der Waals surface area contributed by atoms with Gasteiger partial charge in [-0.25, -0.2) is 0 Å². The number of allylic oxidation sites excluding steroid dienone is 1. The maximum Gasteiger partial charge on any atom is 0.242 e. The van der Waals surface area contributed by atoms with Gasteiger partial charge in [0.15, 0.2) is 0 Å². The molecule has 7 rings (SSSR count). The van der Waals surface area contributed by atoms with Crippen molar-refractivity contribution in [1.29, 1.82) is 0 Å². The van der Waals surface area contributed by atoms with Gasteiger partial charge in [-0.15, -0.1) is 0 Å². The van der Waals surface area contributed by atoms with Crippen LogP contribution in [0.1, 0.15) is 16.7 Å². The molecule has 0 fully saturated rings. The van der Waals surface area contributed by atoms with Crippen molar-refractivity contribution in [2.45, 2.75) is 6.92 Å². The zero-order valence-corrected chi connectivity index (χ0v) is 27.6. The average molecular weight is 598 g/mol. The molecule has 0 amide bonds. The third-order valence-electron chi connectivity index (χ3n) is 8.92. The largest absolute Gasteiger partial charge is 0.242 e. The highest BCUT2D eigenvalue weighted by atomic mass is 31.2. The molecular weight excluding hydrogens is 558 g/mol. The van der Waals surface area contributed by atoms with Crippen LogP contribution in [-0.4, -0.2) is 32.9 Å². The Balaban J connectivity index is 1.60. The minimum atomic E-state index is -1.23. The first-order chi connectivity index (χ1) is 21.8. The first kappa shape index (κ1) is 29.3. The molecule has 0 aliphatic heterocycles. The fourth-order valence-corrected chi connectivity index (χ4v) is 8.04. The van der Waals surface area contributed by atoms with Crippen molar-refractivity contribution in [3.63, 3.8) is 0 Å². The van der Waals surface area contributed by atoms with Crippen LogP contribution in [0.25, 0.3) is 43.4 Å². The predicted molar refractivity (Wildman–Crippen MR) is 204 cm³/mol. The highest BCUT2D eigenvalue weighted by molar-refractivity contribution is 7.74. The van der Waals surface area contributed by atoms with Crippen LogP contribution in [0.5, 0.6) is 0 Å². The third-order valence-corrected chi connectivity index (χ3v) is 10.2. The van der Waals surface area contributed by atoms with Crippen LogP contribution in [0, 0.1) is 6.92 Å². The van der Waals surface area contributed by atoms with Gasteiger partial charge in [-0.1, -0.05) is 168 Å². The van der Waals surface area contributed by atoms with E-state index in [0.29, 0.717) is 0 Å². The monoisotopic (exact) mass is 597 g/mol. The minimum Gasteiger partial charge on any atom is -0.0680 e. The molecule has 0 aromatic heterocycles. The van der Waals surface area contributed by atoms with Crippen molar-refractivity contribution in [2.75, 3.05) is 26.2 Å². The second kappa shape index (κ2) is 12.2. The number of hydrogen-bond donors (Lipinski definition) is 0. The summed E-state index contributed by atoms with van der Waals surface area (Å²) in [5.41, 5.74) is 9.42. The van der Waals surface area contributed by atoms with Gasteiger partial charge in [-0.05, 0) is 62.0 Å². The van der Waals surface area contributed by atoms with Gasteiger partial charge in [0.25, 0.3) is 0 Å². The topological polar surface area (TPSA) is 0 Å². The Morgan fingerprint density at radius 3 is 1.38 bits per heavy atom. The maximum absolute atomic E-state index is 2.47. The first-order valence-electron chi connectivity index (χ1n) is 15.9. The van der Waals surface area contributed by atoms with E-state index in [-0.39, 0.29) is 6.71 Å². The fourth-order valence-electron chi connectivity index (χ4n) is 6.73.